The lowest BCUT2D eigenvalue weighted by molar-refractivity contribution is 0.0776. The Bertz CT molecular complexity index is 1250. The number of aliphatic hydroxyl groups is 1. The van der Waals surface area contributed by atoms with Gasteiger partial charge in [0, 0.05) is 21.6 Å². The van der Waals surface area contributed by atoms with Crippen molar-refractivity contribution in [3.63, 3.8) is 0 Å². The van der Waals surface area contributed by atoms with Crippen LogP contribution in [0.1, 0.15) is 44.0 Å². The SMILES string of the molecule is CC1C=CC(C(S)CCc2ccccc2C(C)(C)O)=CC1C=Cc1ccc2ccc(Cl)cc2n1. The average molecular weight is 490 g/mol. The molecule has 0 fully saturated rings. The number of hydrogen-bond donors (Lipinski definition) is 2. The number of nitrogens with zero attached hydrogens (tertiary/aromatic N) is 1. The van der Waals surface area contributed by atoms with Crippen LogP contribution in [0.4, 0.5) is 0 Å². The van der Waals surface area contributed by atoms with Crippen molar-refractivity contribution < 1.29 is 5.11 Å². The van der Waals surface area contributed by atoms with Crippen LogP contribution in [0.15, 0.2) is 84.5 Å². The fraction of sp³-hybridized carbons (Fsp3) is 0.300. The zero-order chi connectivity index (χ0) is 24.3. The Labute approximate surface area is 213 Å². The van der Waals surface area contributed by atoms with E-state index in [1.165, 1.54) is 11.1 Å². The molecular weight excluding hydrogens is 458 g/mol. The smallest absolute Gasteiger partial charge is 0.0843 e. The van der Waals surface area contributed by atoms with Gasteiger partial charge in [0.1, 0.15) is 0 Å². The Balaban J connectivity index is 1.46. The second kappa shape index (κ2) is 10.5. The summed E-state index contributed by atoms with van der Waals surface area (Å²) in [5, 5.41) is 12.4. The van der Waals surface area contributed by atoms with E-state index >= 15 is 0 Å². The molecule has 3 aromatic rings. The first-order valence-corrected chi connectivity index (χ1v) is 12.7. The zero-order valence-corrected chi connectivity index (χ0v) is 21.6. The van der Waals surface area contributed by atoms with Gasteiger partial charge in [0.25, 0.3) is 0 Å². The fourth-order valence-corrected chi connectivity index (χ4v) is 4.94. The summed E-state index contributed by atoms with van der Waals surface area (Å²) < 4.78 is 0. The summed E-state index contributed by atoms with van der Waals surface area (Å²) in [6.45, 7) is 5.92. The number of fused-ring (bicyclic) bond motifs is 1. The molecule has 34 heavy (non-hydrogen) atoms. The summed E-state index contributed by atoms with van der Waals surface area (Å²) in [7, 11) is 0. The largest absolute Gasteiger partial charge is 0.386 e. The summed E-state index contributed by atoms with van der Waals surface area (Å²) in [5.74, 6) is 0.696. The highest BCUT2D eigenvalue weighted by Crippen LogP contribution is 2.31. The van der Waals surface area contributed by atoms with Gasteiger partial charge in [0.2, 0.25) is 0 Å². The highest BCUT2D eigenvalue weighted by atomic mass is 35.5. The molecule has 1 N–H and O–H groups in total. The van der Waals surface area contributed by atoms with Gasteiger partial charge in [-0.3, -0.25) is 0 Å². The van der Waals surface area contributed by atoms with Crippen LogP contribution < -0.4 is 0 Å². The Hall–Kier alpha value is -2.33. The zero-order valence-electron chi connectivity index (χ0n) is 19.9. The molecule has 176 valence electrons. The van der Waals surface area contributed by atoms with Crippen LogP contribution in [0.25, 0.3) is 17.0 Å². The number of allylic oxidation sites excluding steroid dienone is 4. The molecule has 1 aromatic heterocycles. The quantitative estimate of drug-likeness (QED) is 0.332. The van der Waals surface area contributed by atoms with Crippen molar-refractivity contribution in [3.8, 4) is 0 Å². The molecular formula is C30H32ClNOS. The van der Waals surface area contributed by atoms with Crippen molar-refractivity contribution in [2.45, 2.75) is 44.5 Å². The lowest BCUT2D eigenvalue weighted by atomic mass is 9.84. The second-order valence-electron chi connectivity index (χ2n) is 9.67. The molecule has 1 aliphatic carbocycles. The molecule has 3 atom stereocenters. The van der Waals surface area contributed by atoms with E-state index in [1.807, 2.05) is 56.3 Å². The molecule has 1 aliphatic rings. The number of benzene rings is 2. The molecule has 1 heterocycles. The van der Waals surface area contributed by atoms with Crippen LogP contribution >= 0.6 is 24.2 Å². The first-order valence-electron chi connectivity index (χ1n) is 11.8. The van der Waals surface area contributed by atoms with Crippen LogP contribution in [-0.4, -0.2) is 15.3 Å². The van der Waals surface area contributed by atoms with Crippen LogP contribution in [0.2, 0.25) is 5.02 Å². The third-order valence-electron chi connectivity index (χ3n) is 6.50. The Kier molecular flexibility index (Phi) is 7.67. The van der Waals surface area contributed by atoms with Crippen molar-refractivity contribution >= 4 is 41.2 Å². The van der Waals surface area contributed by atoms with Gasteiger partial charge in [0.15, 0.2) is 0 Å². The highest BCUT2D eigenvalue weighted by Gasteiger charge is 2.21. The van der Waals surface area contributed by atoms with Gasteiger partial charge in [-0.1, -0.05) is 79.2 Å². The number of hydrogen-bond acceptors (Lipinski definition) is 3. The maximum absolute atomic E-state index is 10.5. The second-order valence-corrected chi connectivity index (χ2v) is 10.7. The van der Waals surface area contributed by atoms with E-state index in [0.717, 1.165) is 35.0 Å². The van der Waals surface area contributed by atoms with Gasteiger partial charge < -0.3 is 5.11 Å². The Morgan fingerprint density at radius 1 is 1.15 bits per heavy atom. The average Bonchev–Trinajstić information content (AvgIpc) is 2.81. The molecule has 2 nitrogen and oxygen atoms in total. The number of thiol groups is 1. The summed E-state index contributed by atoms with van der Waals surface area (Å²) in [6.07, 6.45) is 12.9. The van der Waals surface area contributed by atoms with Gasteiger partial charge in [0.05, 0.1) is 16.8 Å². The molecule has 0 amide bonds. The molecule has 0 spiro atoms. The lowest BCUT2D eigenvalue weighted by Gasteiger charge is -2.25. The third kappa shape index (κ3) is 6.02. The summed E-state index contributed by atoms with van der Waals surface area (Å²) >= 11 is 11.1. The number of halogens is 1. The number of pyridine rings is 1. The number of aromatic nitrogens is 1. The van der Waals surface area contributed by atoms with Gasteiger partial charge in [-0.15, -0.1) is 0 Å². The molecule has 0 saturated carbocycles. The van der Waals surface area contributed by atoms with Gasteiger partial charge in [-0.25, -0.2) is 4.98 Å². The Morgan fingerprint density at radius 2 is 1.91 bits per heavy atom. The van der Waals surface area contributed by atoms with Gasteiger partial charge in [-0.05, 0) is 73.6 Å². The summed E-state index contributed by atoms with van der Waals surface area (Å²) in [6, 6.07) is 18.1. The van der Waals surface area contributed by atoms with Crippen molar-refractivity contribution in [1.29, 1.82) is 0 Å². The maximum Gasteiger partial charge on any atom is 0.0843 e. The number of rotatable bonds is 7. The molecule has 0 saturated heterocycles. The highest BCUT2D eigenvalue weighted by molar-refractivity contribution is 7.81. The Morgan fingerprint density at radius 3 is 2.71 bits per heavy atom. The van der Waals surface area contributed by atoms with Crippen molar-refractivity contribution in [1.82, 2.24) is 4.98 Å². The molecule has 3 unspecified atom stereocenters. The molecule has 0 aliphatic heterocycles. The molecule has 0 bridgehead atoms. The summed E-state index contributed by atoms with van der Waals surface area (Å²) in [4.78, 5) is 4.75. The van der Waals surface area contributed by atoms with Crippen molar-refractivity contribution in [3.05, 3.63) is 106 Å². The molecule has 0 radical (unpaired) electrons. The van der Waals surface area contributed by atoms with Crippen LogP contribution in [-0.2, 0) is 12.0 Å². The molecule has 4 rings (SSSR count). The normalized spacial score (nSPS) is 19.5. The van der Waals surface area contributed by atoms with Crippen LogP contribution in [0, 0.1) is 11.8 Å². The minimum atomic E-state index is -0.847. The van der Waals surface area contributed by atoms with E-state index < -0.39 is 5.60 Å². The van der Waals surface area contributed by atoms with E-state index in [4.69, 9.17) is 29.2 Å². The van der Waals surface area contributed by atoms with Crippen molar-refractivity contribution in [2.75, 3.05) is 0 Å². The number of aryl methyl sites for hydroxylation is 1. The third-order valence-corrected chi connectivity index (χ3v) is 7.29. The topological polar surface area (TPSA) is 33.1 Å². The standard InChI is InChI=1S/C30H32ClNOS/c1-20-8-9-24(29(34)17-13-21-6-4-5-7-27(21)30(2,3)33)18-23(20)12-16-26-15-11-22-10-14-25(31)19-28(22)32-26/h4-12,14-16,18-20,23,29,33-34H,13,17H2,1-3H3. The minimum absolute atomic E-state index is 0.135. The lowest BCUT2D eigenvalue weighted by Crippen LogP contribution is -2.19. The van der Waals surface area contributed by atoms with Crippen molar-refractivity contribution in [2.24, 2.45) is 11.8 Å². The van der Waals surface area contributed by atoms with Gasteiger partial charge in [-0.2, -0.15) is 12.6 Å². The predicted octanol–water partition coefficient (Wildman–Crippen LogP) is 7.81. The monoisotopic (exact) mass is 489 g/mol. The van der Waals surface area contributed by atoms with E-state index in [2.05, 4.69) is 49.4 Å². The molecule has 4 heteroatoms. The van der Waals surface area contributed by atoms with E-state index in [-0.39, 0.29) is 11.2 Å². The van der Waals surface area contributed by atoms with E-state index in [1.54, 1.807) is 0 Å². The predicted molar refractivity (Wildman–Crippen MR) is 148 cm³/mol. The fourth-order valence-electron chi connectivity index (χ4n) is 4.48. The minimum Gasteiger partial charge on any atom is -0.386 e. The summed E-state index contributed by atoms with van der Waals surface area (Å²) in [5.41, 5.74) is 4.40. The van der Waals surface area contributed by atoms with Crippen LogP contribution in [0.5, 0.6) is 0 Å². The van der Waals surface area contributed by atoms with Crippen LogP contribution in [0.3, 0.4) is 0 Å². The molecule has 2 aromatic carbocycles. The van der Waals surface area contributed by atoms with Gasteiger partial charge >= 0.3 is 0 Å². The maximum atomic E-state index is 10.5. The first-order chi connectivity index (χ1) is 16.2. The first kappa shape index (κ1) is 24.8. The van der Waals surface area contributed by atoms with E-state index in [0.29, 0.717) is 10.9 Å². The van der Waals surface area contributed by atoms with E-state index in [9.17, 15) is 5.11 Å².